The average Bonchev–Trinajstić information content (AvgIpc) is 3.23. The van der Waals surface area contributed by atoms with Crippen molar-refractivity contribution in [2.45, 2.75) is 20.3 Å². The first kappa shape index (κ1) is 20.8. The lowest BCUT2D eigenvalue weighted by atomic mass is 10.0. The molecule has 1 aliphatic rings. The van der Waals surface area contributed by atoms with E-state index in [0.717, 1.165) is 22.7 Å². The Morgan fingerprint density at radius 1 is 0.893 bits per heavy atom. The molecule has 0 spiro atoms. The molecule has 0 unspecified atom stereocenters. The van der Waals surface area contributed by atoms with Crippen LogP contribution in [0.4, 0.5) is 0 Å². The Labute approximate surface area is 166 Å². The molecule has 4 heteroatoms. The summed E-state index contributed by atoms with van der Waals surface area (Å²) in [6.07, 6.45) is 7.37. The van der Waals surface area contributed by atoms with Crippen LogP contribution in [0.2, 0.25) is 0 Å². The molecule has 4 nitrogen and oxygen atoms in total. The highest BCUT2D eigenvalue weighted by molar-refractivity contribution is 5.67. The fourth-order valence-electron chi connectivity index (χ4n) is 2.71. The first-order chi connectivity index (χ1) is 13.7. The second kappa shape index (κ2) is 11.2. The van der Waals surface area contributed by atoms with Crippen LogP contribution in [0.1, 0.15) is 25.2 Å². The second-order valence-corrected chi connectivity index (χ2v) is 5.98. The Morgan fingerprint density at radius 3 is 2.11 bits per heavy atom. The highest BCUT2D eigenvalue weighted by Gasteiger charge is 2.12. The van der Waals surface area contributed by atoms with Gasteiger partial charge in [-0.3, -0.25) is 5.43 Å². The highest BCUT2D eigenvalue weighted by atomic mass is 16.3. The minimum absolute atomic E-state index is 0.673. The normalized spacial score (nSPS) is 11.4. The maximum absolute atomic E-state index is 5.36. The third kappa shape index (κ3) is 5.48. The Balaban J connectivity index is 0.000000418. The van der Waals surface area contributed by atoms with E-state index in [0.29, 0.717) is 6.42 Å². The zero-order valence-corrected chi connectivity index (χ0v) is 16.5. The number of benzene rings is 2. The van der Waals surface area contributed by atoms with Crippen molar-refractivity contribution in [1.29, 1.82) is 0 Å². The van der Waals surface area contributed by atoms with Gasteiger partial charge in [0.1, 0.15) is 5.76 Å². The van der Waals surface area contributed by atoms with E-state index in [9.17, 15) is 0 Å². The first-order valence-corrected chi connectivity index (χ1v) is 9.16. The lowest BCUT2D eigenvalue weighted by Gasteiger charge is -2.21. The van der Waals surface area contributed by atoms with Crippen LogP contribution < -0.4 is 21.3 Å². The van der Waals surface area contributed by atoms with Crippen molar-refractivity contribution in [1.82, 2.24) is 15.8 Å². The Morgan fingerprint density at radius 2 is 1.50 bits per heavy atom. The Hall–Kier alpha value is -3.53. The summed E-state index contributed by atoms with van der Waals surface area (Å²) in [5.41, 5.74) is 9.94. The molecule has 144 valence electrons. The largest absolute Gasteiger partial charge is 0.448 e. The van der Waals surface area contributed by atoms with Crippen LogP contribution in [-0.2, 0) is 6.42 Å². The van der Waals surface area contributed by atoms with Crippen molar-refractivity contribution in [2.75, 3.05) is 0 Å². The topological polar surface area (TPSA) is 50.1 Å². The summed E-state index contributed by atoms with van der Waals surface area (Å²) in [5, 5.41) is 2.36. The molecular weight excluding hydrogens is 346 g/mol. The summed E-state index contributed by atoms with van der Waals surface area (Å²) >= 11 is 0. The van der Waals surface area contributed by atoms with Gasteiger partial charge in [0.05, 0.1) is 11.9 Å². The molecule has 1 aromatic heterocycles. The minimum atomic E-state index is 0.673. The van der Waals surface area contributed by atoms with Gasteiger partial charge in [0, 0.05) is 28.1 Å². The van der Waals surface area contributed by atoms with Crippen LogP contribution in [0.3, 0.4) is 0 Å². The quantitative estimate of drug-likeness (QED) is 0.688. The molecule has 28 heavy (non-hydrogen) atoms. The lowest BCUT2D eigenvalue weighted by Crippen LogP contribution is -2.47. The summed E-state index contributed by atoms with van der Waals surface area (Å²) in [6.45, 7) is 10.5. The van der Waals surface area contributed by atoms with Gasteiger partial charge in [-0.2, -0.15) is 0 Å². The Kier molecular flexibility index (Phi) is 8.34. The maximum Gasteiger partial charge on any atom is 0.180 e. The molecule has 0 atom stereocenters. The smallest absolute Gasteiger partial charge is 0.180 e. The average molecular weight is 374 g/mol. The molecule has 0 radical (unpaired) electrons. The van der Waals surface area contributed by atoms with E-state index in [1.54, 1.807) is 18.3 Å². The van der Waals surface area contributed by atoms with Crippen molar-refractivity contribution < 1.29 is 4.42 Å². The molecule has 2 N–H and O–H groups in total. The SMILES string of the molecule is C=CC.C=CC.c1ccc(C2=c3ccccc3=C(Cc3cnco3)NN2)cc1. The van der Waals surface area contributed by atoms with Gasteiger partial charge in [0.2, 0.25) is 0 Å². The van der Waals surface area contributed by atoms with Crippen LogP contribution in [0.25, 0.3) is 11.4 Å². The fourth-order valence-corrected chi connectivity index (χ4v) is 2.71. The first-order valence-electron chi connectivity index (χ1n) is 9.16. The number of hydrazine groups is 1. The van der Waals surface area contributed by atoms with E-state index in [1.165, 1.54) is 16.8 Å². The van der Waals surface area contributed by atoms with Crippen molar-refractivity contribution in [2.24, 2.45) is 0 Å². The molecular formula is C24H27N3O. The zero-order chi connectivity index (χ0) is 20.2. The molecule has 0 saturated carbocycles. The number of fused-ring (bicyclic) bond motifs is 1. The van der Waals surface area contributed by atoms with Crippen LogP contribution in [-0.4, -0.2) is 4.98 Å². The van der Waals surface area contributed by atoms with E-state index in [2.05, 4.69) is 65.4 Å². The number of nitrogens with one attached hydrogen (secondary N) is 2. The molecule has 0 fully saturated rings. The van der Waals surface area contributed by atoms with E-state index < -0.39 is 0 Å². The summed E-state index contributed by atoms with van der Waals surface area (Å²) in [5.74, 6) is 0.835. The van der Waals surface area contributed by atoms with E-state index in [1.807, 2.05) is 32.0 Å². The van der Waals surface area contributed by atoms with Crippen molar-refractivity contribution >= 4 is 11.4 Å². The molecule has 0 saturated heterocycles. The van der Waals surface area contributed by atoms with Crippen molar-refractivity contribution in [3.63, 3.8) is 0 Å². The predicted molar refractivity (Wildman–Crippen MR) is 116 cm³/mol. The summed E-state index contributed by atoms with van der Waals surface area (Å²) < 4.78 is 5.36. The molecule has 4 rings (SSSR count). The summed E-state index contributed by atoms with van der Waals surface area (Å²) in [7, 11) is 0. The van der Waals surface area contributed by atoms with Gasteiger partial charge in [0.25, 0.3) is 0 Å². The minimum Gasteiger partial charge on any atom is -0.448 e. The van der Waals surface area contributed by atoms with Gasteiger partial charge in [-0.15, -0.1) is 13.2 Å². The van der Waals surface area contributed by atoms with Gasteiger partial charge in [-0.25, -0.2) is 4.98 Å². The maximum atomic E-state index is 5.36. The van der Waals surface area contributed by atoms with E-state index in [4.69, 9.17) is 4.42 Å². The van der Waals surface area contributed by atoms with Crippen LogP contribution in [0.15, 0.2) is 96.9 Å². The highest BCUT2D eigenvalue weighted by Crippen LogP contribution is 2.10. The number of oxazole rings is 1. The standard InChI is InChI=1S/C18H15N3O.2C3H6/c1-2-6-13(7-3-1)18-16-9-5-4-8-15(16)17(20-21-18)10-14-11-19-12-22-14;2*1-3-2/h1-9,11-12,20-21H,10H2;2*3H,1H2,2H3. The molecule has 0 bridgehead atoms. The number of rotatable bonds is 3. The monoisotopic (exact) mass is 373 g/mol. The number of hydrogen-bond donors (Lipinski definition) is 2. The van der Waals surface area contributed by atoms with Crippen LogP contribution in [0, 0.1) is 0 Å². The second-order valence-electron chi connectivity index (χ2n) is 5.98. The van der Waals surface area contributed by atoms with Gasteiger partial charge in [-0.05, 0) is 13.8 Å². The predicted octanol–water partition coefficient (Wildman–Crippen LogP) is 3.67. The third-order valence-electron chi connectivity index (χ3n) is 3.76. The van der Waals surface area contributed by atoms with Crippen LogP contribution in [0.5, 0.6) is 0 Å². The number of aromatic nitrogens is 1. The molecule has 3 aromatic rings. The van der Waals surface area contributed by atoms with Crippen LogP contribution >= 0.6 is 0 Å². The van der Waals surface area contributed by atoms with Gasteiger partial charge >= 0.3 is 0 Å². The molecule has 0 amide bonds. The molecule has 2 heterocycles. The number of hydrogen-bond acceptors (Lipinski definition) is 4. The number of nitrogens with zero attached hydrogens (tertiary/aromatic N) is 1. The zero-order valence-electron chi connectivity index (χ0n) is 16.5. The van der Waals surface area contributed by atoms with E-state index >= 15 is 0 Å². The number of allylic oxidation sites excluding steroid dienone is 2. The molecule has 2 aromatic carbocycles. The van der Waals surface area contributed by atoms with Crippen molar-refractivity contribution in [3.05, 3.63) is 114 Å². The molecule has 0 aliphatic carbocycles. The fraction of sp³-hybridized carbons (Fsp3) is 0.125. The van der Waals surface area contributed by atoms with Crippen molar-refractivity contribution in [3.8, 4) is 0 Å². The van der Waals surface area contributed by atoms with Gasteiger partial charge < -0.3 is 9.84 Å². The summed E-state index contributed by atoms with van der Waals surface area (Å²) in [4.78, 5) is 3.97. The lowest BCUT2D eigenvalue weighted by molar-refractivity contribution is 0.514. The third-order valence-corrected chi connectivity index (χ3v) is 3.76. The molecule has 1 aliphatic heterocycles. The van der Waals surface area contributed by atoms with Gasteiger partial charge in [-0.1, -0.05) is 66.7 Å². The van der Waals surface area contributed by atoms with Gasteiger partial charge in [0.15, 0.2) is 6.39 Å². The van der Waals surface area contributed by atoms with E-state index in [-0.39, 0.29) is 0 Å². The summed E-state index contributed by atoms with van der Waals surface area (Å²) in [6, 6.07) is 18.7. The Bertz CT molecular complexity index is 984.